The Hall–Kier alpha value is -1.61. The molecule has 20 heavy (non-hydrogen) atoms. The number of aryl methyl sites for hydroxylation is 1. The van der Waals surface area contributed by atoms with E-state index in [0.29, 0.717) is 12.0 Å². The molecule has 2 rings (SSSR count). The lowest BCUT2D eigenvalue weighted by Gasteiger charge is -2.15. The molecule has 0 radical (unpaired) electrons. The van der Waals surface area contributed by atoms with Crippen LogP contribution >= 0.6 is 0 Å². The molecule has 1 heterocycles. The van der Waals surface area contributed by atoms with E-state index in [0.717, 1.165) is 13.0 Å². The van der Waals surface area contributed by atoms with Crippen LogP contribution in [-0.2, 0) is 13.5 Å². The number of nitrogens with one attached hydrogen (secondary N) is 1. The summed E-state index contributed by atoms with van der Waals surface area (Å²) in [6.45, 7) is 7.63. The molecule has 108 valence electrons. The van der Waals surface area contributed by atoms with Crippen LogP contribution in [0.1, 0.15) is 49.6 Å². The summed E-state index contributed by atoms with van der Waals surface area (Å²) in [7, 11) is 1.99. The summed E-state index contributed by atoms with van der Waals surface area (Å²) in [4.78, 5) is 0. The van der Waals surface area contributed by atoms with Crippen molar-refractivity contribution in [1.29, 1.82) is 0 Å². The minimum absolute atomic E-state index is 0.379. The van der Waals surface area contributed by atoms with E-state index in [1.165, 1.54) is 16.8 Å². The van der Waals surface area contributed by atoms with Crippen molar-refractivity contribution in [3.63, 3.8) is 0 Å². The van der Waals surface area contributed by atoms with Crippen LogP contribution in [0.25, 0.3) is 0 Å². The van der Waals surface area contributed by atoms with Gasteiger partial charge in [0.1, 0.15) is 0 Å². The SMILES string of the molecule is CC(C)c1ccc(C(C)NCCc2ccnn2C)cc1. The molecule has 1 aromatic heterocycles. The maximum atomic E-state index is 4.19. The maximum absolute atomic E-state index is 4.19. The molecule has 0 bridgehead atoms. The van der Waals surface area contributed by atoms with Crippen LogP contribution < -0.4 is 5.32 Å². The number of hydrogen-bond donors (Lipinski definition) is 1. The van der Waals surface area contributed by atoms with Crippen molar-refractivity contribution in [2.75, 3.05) is 6.54 Å². The molecule has 1 aromatic carbocycles. The van der Waals surface area contributed by atoms with Gasteiger partial charge in [0, 0.05) is 37.9 Å². The fourth-order valence-electron chi connectivity index (χ4n) is 2.35. The predicted octanol–water partition coefficient (Wildman–Crippen LogP) is 3.44. The first-order chi connectivity index (χ1) is 9.58. The molecule has 0 amide bonds. The highest BCUT2D eigenvalue weighted by Gasteiger charge is 2.06. The molecule has 2 aromatic rings. The third kappa shape index (κ3) is 3.70. The highest BCUT2D eigenvalue weighted by atomic mass is 15.3. The molecule has 1 N–H and O–H groups in total. The van der Waals surface area contributed by atoms with E-state index in [9.17, 15) is 0 Å². The Kier molecular flexibility index (Phi) is 4.96. The Morgan fingerprint density at radius 1 is 1.05 bits per heavy atom. The van der Waals surface area contributed by atoms with Gasteiger partial charge in [0.25, 0.3) is 0 Å². The molecule has 1 atom stereocenters. The lowest BCUT2D eigenvalue weighted by molar-refractivity contribution is 0.564. The summed E-state index contributed by atoms with van der Waals surface area (Å²) in [6.07, 6.45) is 2.86. The molecule has 3 heteroatoms. The van der Waals surface area contributed by atoms with Gasteiger partial charge in [-0.3, -0.25) is 4.68 Å². The van der Waals surface area contributed by atoms with Crippen molar-refractivity contribution >= 4 is 0 Å². The van der Waals surface area contributed by atoms with Gasteiger partial charge in [0.05, 0.1) is 0 Å². The zero-order valence-corrected chi connectivity index (χ0v) is 12.9. The highest BCUT2D eigenvalue weighted by molar-refractivity contribution is 5.26. The van der Waals surface area contributed by atoms with E-state index in [1.807, 2.05) is 17.9 Å². The summed E-state index contributed by atoms with van der Waals surface area (Å²) >= 11 is 0. The molecule has 1 unspecified atom stereocenters. The second-order valence-electron chi connectivity index (χ2n) is 5.69. The van der Waals surface area contributed by atoms with Crippen molar-refractivity contribution in [3.05, 3.63) is 53.3 Å². The molecule has 0 saturated heterocycles. The number of hydrogen-bond acceptors (Lipinski definition) is 2. The van der Waals surface area contributed by atoms with E-state index in [-0.39, 0.29) is 0 Å². The fraction of sp³-hybridized carbons (Fsp3) is 0.471. The molecular weight excluding hydrogens is 246 g/mol. The summed E-state index contributed by atoms with van der Waals surface area (Å²) < 4.78 is 1.93. The Morgan fingerprint density at radius 2 is 1.70 bits per heavy atom. The first kappa shape index (κ1) is 14.8. The fourth-order valence-corrected chi connectivity index (χ4v) is 2.35. The molecule has 0 saturated carbocycles. The topological polar surface area (TPSA) is 29.9 Å². The Balaban J connectivity index is 1.85. The molecule has 0 aliphatic rings. The quantitative estimate of drug-likeness (QED) is 0.872. The zero-order chi connectivity index (χ0) is 14.5. The van der Waals surface area contributed by atoms with Crippen LogP contribution in [0.4, 0.5) is 0 Å². The normalized spacial score (nSPS) is 12.8. The van der Waals surface area contributed by atoms with Crippen LogP contribution in [-0.4, -0.2) is 16.3 Å². The van der Waals surface area contributed by atoms with Gasteiger partial charge in [0.15, 0.2) is 0 Å². The second-order valence-corrected chi connectivity index (χ2v) is 5.69. The highest BCUT2D eigenvalue weighted by Crippen LogP contribution is 2.18. The van der Waals surface area contributed by atoms with E-state index >= 15 is 0 Å². The monoisotopic (exact) mass is 271 g/mol. The second kappa shape index (κ2) is 6.71. The molecular formula is C17H25N3. The van der Waals surface area contributed by atoms with Gasteiger partial charge in [-0.2, -0.15) is 5.10 Å². The Labute approximate surface area is 122 Å². The van der Waals surface area contributed by atoms with E-state index < -0.39 is 0 Å². The van der Waals surface area contributed by atoms with Gasteiger partial charge >= 0.3 is 0 Å². The van der Waals surface area contributed by atoms with Gasteiger partial charge in [-0.25, -0.2) is 0 Å². The number of nitrogens with zero attached hydrogens (tertiary/aromatic N) is 2. The van der Waals surface area contributed by atoms with Gasteiger partial charge in [-0.1, -0.05) is 38.1 Å². The minimum Gasteiger partial charge on any atom is -0.310 e. The predicted molar refractivity (Wildman–Crippen MR) is 83.9 cm³/mol. The Morgan fingerprint density at radius 3 is 2.25 bits per heavy atom. The van der Waals surface area contributed by atoms with Crippen LogP contribution in [0.2, 0.25) is 0 Å². The van der Waals surface area contributed by atoms with Gasteiger partial charge in [-0.05, 0) is 30.0 Å². The first-order valence-electron chi connectivity index (χ1n) is 7.38. The lowest BCUT2D eigenvalue weighted by atomic mass is 9.99. The van der Waals surface area contributed by atoms with Gasteiger partial charge < -0.3 is 5.32 Å². The molecule has 0 aliphatic heterocycles. The number of benzene rings is 1. The van der Waals surface area contributed by atoms with E-state index in [1.54, 1.807) is 0 Å². The molecule has 0 spiro atoms. The van der Waals surface area contributed by atoms with Crippen molar-refractivity contribution in [2.24, 2.45) is 7.05 Å². The largest absolute Gasteiger partial charge is 0.310 e. The molecule has 0 fully saturated rings. The summed E-state index contributed by atoms with van der Waals surface area (Å²) in [5.41, 5.74) is 4.01. The number of rotatable bonds is 6. The lowest BCUT2D eigenvalue weighted by Crippen LogP contribution is -2.22. The third-order valence-corrected chi connectivity index (χ3v) is 3.86. The van der Waals surface area contributed by atoms with Crippen molar-refractivity contribution in [2.45, 2.75) is 39.2 Å². The van der Waals surface area contributed by atoms with E-state index in [4.69, 9.17) is 0 Å². The third-order valence-electron chi connectivity index (χ3n) is 3.86. The zero-order valence-electron chi connectivity index (χ0n) is 12.9. The number of aromatic nitrogens is 2. The smallest absolute Gasteiger partial charge is 0.0492 e. The van der Waals surface area contributed by atoms with Crippen molar-refractivity contribution in [1.82, 2.24) is 15.1 Å². The summed E-state index contributed by atoms with van der Waals surface area (Å²) in [5, 5.41) is 7.76. The van der Waals surface area contributed by atoms with Gasteiger partial charge in [0.2, 0.25) is 0 Å². The summed E-state index contributed by atoms with van der Waals surface area (Å²) in [5.74, 6) is 0.595. The maximum Gasteiger partial charge on any atom is 0.0492 e. The first-order valence-corrected chi connectivity index (χ1v) is 7.38. The average Bonchev–Trinajstić information content (AvgIpc) is 2.84. The van der Waals surface area contributed by atoms with Crippen molar-refractivity contribution in [3.8, 4) is 0 Å². The molecule has 3 nitrogen and oxygen atoms in total. The Bertz CT molecular complexity index is 525. The molecule has 0 aliphatic carbocycles. The average molecular weight is 271 g/mol. The van der Waals surface area contributed by atoms with Gasteiger partial charge in [-0.15, -0.1) is 0 Å². The standard InChI is InChI=1S/C17H25N3/c1-13(2)15-5-7-16(8-6-15)14(3)18-11-9-17-10-12-19-20(17)4/h5-8,10,12-14,18H,9,11H2,1-4H3. The van der Waals surface area contributed by atoms with Crippen LogP contribution in [0.3, 0.4) is 0 Å². The summed E-state index contributed by atoms with van der Waals surface area (Å²) in [6, 6.07) is 11.4. The van der Waals surface area contributed by atoms with E-state index in [2.05, 4.69) is 61.5 Å². The van der Waals surface area contributed by atoms with Crippen LogP contribution in [0, 0.1) is 0 Å². The minimum atomic E-state index is 0.379. The van der Waals surface area contributed by atoms with Crippen LogP contribution in [0.15, 0.2) is 36.5 Å². The van der Waals surface area contributed by atoms with Crippen molar-refractivity contribution < 1.29 is 0 Å². The van der Waals surface area contributed by atoms with Crippen LogP contribution in [0.5, 0.6) is 0 Å².